The zero-order valence-electron chi connectivity index (χ0n) is 31.7. The molecule has 4 atom stereocenters. The number of rotatable bonds is 24. The summed E-state index contributed by atoms with van der Waals surface area (Å²) in [5.41, 5.74) is 0. The summed E-state index contributed by atoms with van der Waals surface area (Å²) in [6, 6.07) is 0. The molecule has 0 amide bonds. The van der Waals surface area contributed by atoms with E-state index in [0.29, 0.717) is 31.5 Å². The quantitative estimate of drug-likeness (QED) is 0.0445. The third-order valence-corrected chi connectivity index (χ3v) is 10.3. The first kappa shape index (κ1) is 47.0. The minimum atomic E-state index is -0.548. The Labute approximate surface area is 319 Å². The topological polar surface area (TPSA) is 205 Å². The first-order valence-corrected chi connectivity index (χ1v) is 19.5. The molecule has 0 aromatic heterocycles. The van der Waals surface area contributed by atoms with Crippen LogP contribution in [-0.2, 0) is 57.1 Å². The number of allylic oxidation sites excluding steroid dienone is 2. The van der Waals surface area contributed by atoms with E-state index in [4.69, 9.17) is 37.9 Å². The zero-order chi connectivity index (χ0) is 36.8. The molecule has 2 heterocycles. The number of hydrogen-bond donors (Lipinski definition) is 0. The van der Waals surface area contributed by atoms with Crippen LogP contribution in [0.15, 0.2) is 37.0 Å². The van der Waals surface area contributed by atoms with Crippen molar-refractivity contribution in [1.82, 2.24) is 0 Å². The van der Waals surface area contributed by atoms with Crippen LogP contribution >= 0.6 is 0 Å². The van der Waals surface area contributed by atoms with Crippen LogP contribution in [0, 0.1) is 11.8 Å². The summed E-state index contributed by atoms with van der Waals surface area (Å²) in [6.07, 6.45) is 22.2. The van der Waals surface area contributed by atoms with E-state index in [0.717, 1.165) is 116 Å². The van der Waals surface area contributed by atoms with Gasteiger partial charge in [-0.05, 0) is 102 Å². The van der Waals surface area contributed by atoms with Crippen molar-refractivity contribution in [1.29, 1.82) is 0 Å². The van der Waals surface area contributed by atoms with Gasteiger partial charge in [-0.25, -0.2) is 14.4 Å². The van der Waals surface area contributed by atoms with E-state index in [9.17, 15) is 19.2 Å². The van der Waals surface area contributed by atoms with Gasteiger partial charge in [-0.1, -0.05) is 31.6 Å². The van der Waals surface area contributed by atoms with Crippen LogP contribution < -0.4 is 0 Å². The molecule has 4 fully saturated rings. The second-order valence-electron chi connectivity index (χ2n) is 14.2. The van der Waals surface area contributed by atoms with E-state index >= 15 is 0 Å². The summed E-state index contributed by atoms with van der Waals surface area (Å²) in [5.74, 6) is -0.586. The number of esters is 3. The number of carbonyl (C=O) groups excluding carboxylic acids is 4. The number of unbranched alkanes of at least 4 members (excludes halogenated alkanes) is 6. The number of fused-ring (bicyclic) bond motifs is 1. The van der Waals surface area contributed by atoms with Crippen molar-refractivity contribution >= 4 is 24.4 Å². The molecule has 4 unspecified atom stereocenters. The second kappa shape index (κ2) is 27.4. The predicted octanol–water partition coefficient (Wildman–Crippen LogP) is 4.24. The Bertz CT molecular complexity index is 1140. The Morgan fingerprint density at radius 3 is 1.43 bits per heavy atom. The number of hydrogen-bond acceptors (Lipinski definition) is 12. The smallest absolute Gasteiger partial charge is 0.330 e. The SMILES string of the molecule is C=CC(=O)OCCCCCCOC1CCC(/C=C/C(=O)OC2COC3C(OC(=O)/C=C/C4CCC(OCCCCCCOC=O)CC4)COC23)CC1.O.O. The lowest BCUT2D eigenvalue weighted by atomic mass is 9.87. The molecule has 4 N–H and O–H groups in total. The van der Waals surface area contributed by atoms with Gasteiger partial charge in [-0.3, -0.25) is 4.79 Å². The lowest BCUT2D eigenvalue weighted by molar-refractivity contribution is -0.149. The fourth-order valence-electron chi connectivity index (χ4n) is 7.31. The van der Waals surface area contributed by atoms with Crippen LogP contribution in [-0.4, -0.2) is 112 Å². The zero-order valence-corrected chi connectivity index (χ0v) is 31.7. The van der Waals surface area contributed by atoms with Crippen LogP contribution in [0.4, 0.5) is 0 Å². The van der Waals surface area contributed by atoms with Gasteiger partial charge in [-0.2, -0.15) is 0 Å². The third-order valence-electron chi connectivity index (χ3n) is 10.3. The predicted molar refractivity (Wildman–Crippen MR) is 198 cm³/mol. The van der Waals surface area contributed by atoms with Gasteiger partial charge in [-0.15, -0.1) is 0 Å². The molecule has 4 rings (SSSR count). The second-order valence-corrected chi connectivity index (χ2v) is 14.2. The van der Waals surface area contributed by atoms with Crippen molar-refractivity contribution in [3.05, 3.63) is 37.0 Å². The fraction of sp³-hybridized carbons (Fsp3) is 0.750. The minimum absolute atomic E-state index is 0. The van der Waals surface area contributed by atoms with Crippen LogP contribution in [0.1, 0.15) is 103 Å². The minimum Gasteiger partial charge on any atom is -0.468 e. The van der Waals surface area contributed by atoms with E-state index in [1.165, 1.54) is 18.2 Å². The maximum atomic E-state index is 12.7. The van der Waals surface area contributed by atoms with Gasteiger partial charge in [0.1, 0.15) is 12.2 Å². The Hall–Kier alpha value is -3.14. The monoisotopic (exact) mass is 768 g/mol. The molecule has 0 bridgehead atoms. The molecular weight excluding hydrogens is 704 g/mol. The summed E-state index contributed by atoms with van der Waals surface area (Å²) < 4.78 is 44.9. The lowest BCUT2D eigenvalue weighted by Gasteiger charge is -2.27. The highest BCUT2D eigenvalue weighted by atomic mass is 16.7. The van der Waals surface area contributed by atoms with Gasteiger partial charge in [0.2, 0.25) is 0 Å². The molecule has 2 aliphatic carbocycles. The maximum Gasteiger partial charge on any atom is 0.330 e. The molecule has 0 aromatic rings. The molecule has 4 aliphatic rings. The average Bonchev–Trinajstić information content (AvgIpc) is 3.75. The molecule has 308 valence electrons. The van der Waals surface area contributed by atoms with E-state index in [-0.39, 0.29) is 42.3 Å². The van der Waals surface area contributed by atoms with Crippen LogP contribution in [0.25, 0.3) is 0 Å². The van der Waals surface area contributed by atoms with E-state index in [2.05, 4.69) is 6.58 Å². The van der Waals surface area contributed by atoms with Crippen molar-refractivity contribution < 1.29 is 68.0 Å². The Kier molecular flexibility index (Phi) is 23.9. The van der Waals surface area contributed by atoms with Crippen LogP contribution in [0.2, 0.25) is 0 Å². The summed E-state index contributed by atoms with van der Waals surface area (Å²) in [7, 11) is 0. The molecule has 0 radical (unpaired) electrons. The number of carbonyl (C=O) groups is 4. The third kappa shape index (κ3) is 17.5. The molecule has 0 spiro atoms. The van der Waals surface area contributed by atoms with Gasteiger partial charge < -0.3 is 48.8 Å². The molecule has 2 aliphatic heterocycles. The molecule has 14 nitrogen and oxygen atoms in total. The maximum absolute atomic E-state index is 12.7. The van der Waals surface area contributed by atoms with Crippen molar-refractivity contribution in [2.75, 3.05) is 39.6 Å². The molecule has 2 saturated carbocycles. The van der Waals surface area contributed by atoms with Crippen LogP contribution in [0.3, 0.4) is 0 Å². The lowest BCUT2D eigenvalue weighted by Crippen LogP contribution is -2.35. The van der Waals surface area contributed by atoms with Crippen molar-refractivity contribution in [3.63, 3.8) is 0 Å². The molecule has 14 heteroatoms. The normalized spacial score (nSPS) is 27.7. The molecule has 54 heavy (non-hydrogen) atoms. The Morgan fingerprint density at radius 1 is 0.574 bits per heavy atom. The highest BCUT2D eigenvalue weighted by Gasteiger charge is 2.51. The fourth-order valence-corrected chi connectivity index (χ4v) is 7.31. The van der Waals surface area contributed by atoms with Gasteiger partial charge in [0.15, 0.2) is 12.2 Å². The highest BCUT2D eigenvalue weighted by Crippen LogP contribution is 2.32. The van der Waals surface area contributed by atoms with Crippen molar-refractivity contribution in [3.8, 4) is 0 Å². The summed E-state index contributed by atoms with van der Waals surface area (Å²) in [5, 5.41) is 0. The van der Waals surface area contributed by atoms with E-state index in [1.807, 2.05) is 12.2 Å². The van der Waals surface area contributed by atoms with Gasteiger partial charge in [0.25, 0.3) is 6.47 Å². The summed E-state index contributed by atoms with van der Waals surface area (Å²) in [6.45, 7) is 6.68. The Balaban J connectivity index is 0.00000504. The summed E-state index contributed by atoms with van der Waals surface area (Å²) >= 11 is 0. The van der Waals surface area contributed by atoms with Gasteiger partial charge in [0.05, 0.1) is 38.6 Å². The summed E-state index contributed by atoms with van der Waals surface area (Å²) in [4.78, 5) is 46.5. The van der Waals surface area contributed by atoms with Gasteiger partial charge >= 0.3 is 17.9 Å². The first-order valence-electron chi connectivity index (χ1n) is 19.5. The average molecular weight is 769 g/mol. The molecular formula is C40H64O14. The number of ether oxygens (including phenoxy) is 8. The van der Waals surface area contributed by atoms with E-state index < -0.39 is 36.4 Å². The largest absolute Gasteiger partial charge is 0.468 e. The standard InChI is InChI=1S/C40H60O12.2H2O/c1-2-36(42)48-26-10-6-5-9-25-47-33-19-13-31(14-20-33)16-22-38(44)52-35-28-50-39-34(27-49-40(35)39)51-37(43)21-15-30-11-17-32(18-12-30)46-24-8-4-3-7-23-45-29-41;;/h2,15-16,21-22,29-35,39-40H,1,3-14,17-20,23-28H2;2*1H2/b21-15+,22-16+;;. The van der Waals surface area contributed by atoms with Crippen molar-refractivity contribution in [2.24, 2.45) is 11.8 Å². The highest BCUT2D eigenvalue weighted by molar-refractivity contribution is 5.82. The first-order chi connectivity index (χ1) is 25.4. The van der Waals surface area contributed by atoms with E-state index in [1.54, 1.807) is 0 Å². The Morgan fingerprint density at radius 2 is 1.00 bits per heavy atom. The molecule has 2 saturated heterocycles. The van der Waals surface area contributed by atoms with Crippen molar-refractivity contribution in [2.45, 2.75) is 139 Å². The van der Waals surface area contributed by atoms with Crippen LogP contribution in [0.5, 0.6) is 0 Å². The molecule has 0 aromatic carbocycles. The van der Waals surface area contributed by atoms with Gasteiger partial charge in [0, 0.05) is 31.4 Å².